The van der Waals surface area contributed by atoms with E-state index in [1.807, 2.05) is 78.9 Å². The summed E-state index contributed by atoms with van der Waals surface area (Å²) >= 11 is 0. The Morgan fingerprint density at radius 3 is 2.07 bits per heavy atom. The van der Waals surface area contributed by atoms with Crippen molar-refractivity contribution < 1.29 is 9.59 Å². The molecule has 0 unspecified atom stereocenters. The lowest BCUT2D eigenvalue weighted by Crippen LogP contribution is -2.26. The van der Waals surface area contributed by atoms with Gasteiger partial charge in [0.15, 0.2) is 0 Å². The summed E-state index contributed by atoms with van der Waals surface area (Å²) in [6.45, 7) is 2.80. The van der Waals surface area contributed by atoms with E-state index in [1.54, 1.807) is 19.1 Å². The third-order valence-corrected chi connectivity index (χ3v) is 4.75. The molecule has 4 nitrogen and oxygen atoms in total. The van der Waals surface area contributed by atoms with E-state index in [1.165, 1.54) is 5.56 Å². The minimum Gasteiger partial charge on any atom is -0.352 e. The molecule has 0 aromatic heterocycles. The first kappa shape index (κ1) is 21.1. The van der Waals surface area contributed by atoms with Crippen LogP contribution in [-0.2, 0) is 17.8 Å². The van der Waals surface area contributed by atoms with E-state index in [-0.39, 0.29) is 11.8 Å². The third kappa shape index (κ3) is 6.45. The molecule has 0 fully saturated rings. The summed E-state index contributed by atoms with van der Waals surface area (Å²) in [6.07, 6.45) is 2.66. The van der Waals surface area contributed by atoms with Gasteiger partial charge in [0.2, 0.25) is 5.91 Å². The smallest absolute Gasteiger partial charge is 0.251 e. The van der Waals surface area contributed by atoms with Gasteiger partial charge in [-0.25, -0.2) is 0 Å². The molecule has 2 N–H and O–H groups in total. The van der Waals surface area contributed by atoms with Crippen molar-refractivity contribution in [3.63, 3.8) is 0 Å². The van der Waals surface area contributed by atoms with Gasteiger partial charge in [-0.05, 0) is 48.2 Å². The fraction of sp³-hybridized carbons (Fsp3) is 0.154. The largest absolute Gasteiger partial charge is 0.352 e. The molecular formula is C26H26N2O2. The Labute approximate surface area is 177 Å². The van der Waals surface area contributed by atoms with E-state index < -0.39 is 0 Å². The maximum Gasteiger partial charge on any atom is 0.251 e. The van der Waals surface area contributed by atoms with Gasteiger partial charge in [0.1, 0.15) is 0 Å². The molecule has 0 atom stereocenters. The Morgan fingerprint density at radius 2 is 1.40 bits per heavy atom. The van der Waals surface area contributed by atoms with Gasteiger partial charge in [-0.2, -0.15) is 0 Å². The molecule has 0 saturated carbocycles. The Morgan fingerprint density at radius 1 is 0.767 bits per heavy atom. The molecular weight excluding hydrogens is 372 g/mol. The summed E-state index contributed by atoms with van der Waals surface area (Å²) in [4.78, 5) is 24.6. The highest BCUT2D eigenvalue weighted by Crippen LogP contribution is 2.08. The van der Waals surface area contributed by atoms with Gasteiger partial charge in [-0.1, -0.05) is 72.8 Å². The summed E-state index contributed by atoms with van der Waals surface area (Å²) in [5.74, 6) is -0.204. The maximum atomic E-state index is 12.3. The molecule has 2 amide bonds. The maximum absolute atomic E-state index is 12.3. The lowest BCUT2D eigenvalue weighted by Gasteiger charge is -2.08. The van der Waals surface area contributed by atoms with Gasteiger partial charge in [-0.3, -0.25) is 9.59 Å². The van der Waals surface area contributed by atoms with Gasteiger partial charge in [0, 0.05) is 24.2 Å². The van der Waals surface area contributed by atoms with Crippen molar-refractivity contribution in [3.05, 3.63) is 113 Å². The zero-order valence-electron chi connectivity index (χ0n) is 17.1. The van der Waals surface area contributed by atoms with Crippen LogP contribution in [0.2, 0.25) is 0 Å². The molecule has 152 valence electrons. The first-order valence-electron chi connectivity index (χ1n) is 10.0. The molecule has 0 radical (unpaired) electrons. The van der Waals surface area contributed by atoms with Crippen LogP contribution in [0.5, 0.6) is 0 Å². The number of benzene rings is 3. The van der Waals surface area contributed by atoms with Crippen LogP contribution in [0.4, 0.5) is 0 Å². The van der Waals surface area contributed by atoms with Crippen LogP contribution in [-0.4, -0.2) is 18.4 Å². The van der Waals surface area contributed by atoms with Crippen molar-refractivity contribution in [1.82, 2.24) is 10.6 Å². The third-order valence-electron chi connectivity index (χ3n) is 4.75. The average molecular weight is 399 g/mol. The Kier molecular flexibility index (Phi) is 7.56. The van der Waals surface area contributed by atoms with Crippen molar-refractivity contribution in [1.29, 1.82) is 0 Å². The molecule has 0 spiro atoms. The normalized spacial score (nSPS) is 11.0. The zero-order valence-corrected chi connectivity index (χ0v) is 17.1. The first-order valence-corrected chi connectivity index (χ1v) is 10.0. The molecule has 3 aromatic carbocycles. The standard InChI is InChI=1S/C26H26N2O2/c1-20(18-22-10-6-3-7-11-22)25(29)28-19-23-12-14-24(15-13-23)26(30)27-17-16-21-8-4-2-5-9-21/h2-15,18H,16-17,19H2,1H3,(H,27,30)(H,28,29)/b20-18+. The summed E-state index contributed by atoms with van der Waals surface area (Å²) < 4.78 is 0. The topological polar surface area (TPSA) is 58.2 Å². The van der Waals surface area contributed by atoms with Crippen molar-refractivity contribution in [2.45, 2.75) is 19.9 Å². The van der Waals surface area contributed by atoms with Crippen LogP contribution < -0.4 is 10.6 Å². The fourth-order valence-corrected chi connectivity index (χ4v) is 3.03. The Balaban J connectivity index is 1.46. The van der Waals surface area contributed by atoms with Crippen LogP contribution in [0.25, 0.3) is 6.08 Å². The van der Waals surface area contributed by atoms with E-state index in [0.717, 1.165) is 17.5 Å². The number of carbonyl (C=O) groups excluding carboxylic acids is 2. The molecule has 0 aliphatic carbocycles. The number of hydrogen-bond donors (Lipinski definition) is 2. The predicted octanol–water partition coefficient (Wildman–Crippen LogP) is 4.38. The summed E-state index contributed by atoms with van der Waals surface area (Å²) in [5.41, 5.74) is 4.39. The number of nitrogens with one attached hydrogen (secondary N) is 2. The Bertz CT molecular complexity index is 994. The lowest BCUT2D eigenvalue weighted by molar-refractivity contribution is -0.117. The van der Waals surface area contributed by atoms with Crippen LogP contribution in [0.3, 0.4) is 0 Å². The molecule has 0 heterocycles. The minimum absolute atomic E-state index is 0.0943. The van der Waals surface area contributed by atoms with Crippen molar-refractivity contribution in [2.75, 3.05) is 6.54 Å². The van der Waals surface area contributed by atoms with Crippen LogP contribution in [0.1, 0.15) is 34.0 Å². The van der Waals surface area contributed by atoms with Gasteiger partial charge in [0.05, 0.1) is 0 Å². The molecule has 0 saturated heterocycles. The molecule has 4 heteroatoms. The molecule has 0 aliphatic heterocycles. The van der Waals surface area contributed by atoms with Crippen LogP contribution in [0.15, 0.2) is 90.5 Å². The number of rotatable bonds is 8. The SMILES string of the molecule is C/C(=C\c1ccccc1)C(=O)NCc1ccc(C(=O)NCCc2ccccc2)cc1. The zero-order chi connectivity index (χ0) is 21.2. The second-order valence-electron chi connectivity index (χ2n) is 7.11. The van der Waals surface area contributed by atoms with Crippen molar-refractivity contribution >= 4 is 17.9 Å². The quantitative estimate of drug-likeness (QED) is 0.553. The second-order valence-corrected chi connectivity index (χ2v) is 7.11. The number of amides is 2. The molecule has 30 heavy (non-hydrogen) atoms. The number of hydrogen-bond acceptors (Lipinski definition) is 2. The summed E-state index contributed by atoms with van der Waals surface area (Å²) in [7, 11) is 0. The van der Waals surface area contributed by atoms with Crippen LogP contribution in [0, 0.1) is 0 Å². The van der Waals surface area contributed by atoms with E-state index in [0.29, 0.717) is 24.2 Å². The summed E-state index contributed by atoms with van der Waals surface area (Å²) in [6, 6.07) is 27.1. The second kappa shape index (κ2) is 10.8. The average Bonchev–Trinajstić information content (AvgIpc) is 2.79. The van der Waals surface area contributed by atoms with Crippen molar-refractivity contribution in [3.8, 4) is 0 Å². The highest BCUT2D eigenvalue weighted by atomic mass is 16.2. The number of carbonyl (C=O) groups is 2. The minimum atomic E-state index is -0.110. The predicted molar refractivity (Wildman–Crippen MR) is 121 cm³/mol. The first-order chi connectivity index (χ1) is 14.6. The highest BCUT2D eigenvalue weighted by Gasteiger charge is 2.07. The van der Waals surface area contributed by atoms with Gasteiger partial charge in [0.25, 0.3) is 5.91 Å². The van der Waals surface area contributed by atoms with Crippen LogP contribution >= 0.6 is 0 Å². The molecule has 3 aromatic rings. The van der Waals surface area contributed by atoms with E-state index in [4.69, 9.17) is 0 Å². The lowest BCUT2D eigenvalue weighted by atomic mass is 10.1. The van der Waals surface area contributed by atoms with Gasteiger partial charge < -0.3 is 10.6 Å². The molecule has 3 rings (SSSR count). The highest BCUT2D eigenvalue weighted by molar-refractivity contribution is 5.97. The summed E-state index contributed by atoms with van der Waals surface area (Å²) in [5, 5.41) is 5.85. The molecule has 0 aliphatic rings. The van der Waals surface area contributed by atoms with E-state index >= 15 is 0 Å². The van der Waals surface area contributed by atoms with E-state index in [2.05, 4.69) is 10.6 Å². The van der Waals surface area contributed by atoms with Gasteiger partial charge >= 0.3 is 0 Å². The van der Waals surface area contributed by atoms with Crippen molar-refractivity contribution in [2.24, 2.45) is 0 Å². The fourth-order valence-electron chi connectivity index (χ4n) is 3.03. The monoisotopic (exact) mass is 398 g/mol. The van der Waals surface area contributed by atoms with Gasteiger partial charge in [-0.15, -0.1) is 0 Å². The molecule has 0 bridgehead atoms. The Hall–Kier alpha value is -3.66. The van der Waals surface area contributed by atoms with E-state index in [9.17, 15) is 9.59 Å².